The molecule has 0 bridgehead atoms. The Kier molecular flexibility index (Phi) is 5.04. The van der Waals surface area contributed by atoms with Gasteiger partial charge in [-0.25, -0.2) is 19.4 Å². The largest absolute Gasteiger partial charge is 0.369 e. The Balaban J connectivity index is 2.02. The molecule has 1 aliphatic heterocycles. The third-order valence-corrected chi connectivity index (χ3v) is 5.53. The molecule has 0 radical (unpaired) electrons. The molecule has 152 valence electrons. The molecule has 3 rings (SSSR count). The summed E-state index contributed by atoms with van der Waals surface area (Å²) in [6, 6.07) is 4.04. The summed E-state index contributed by atoms with van der Waals surface area (Å²) in [5, 5.41) is 2.79. The number of aromatic nitrogens is 2. The second-order valence-corrected chi connectivity index (χ2v) is 7.79. The van der Waals surface area contributed by atoms with Crippen molar-refractivity contribution in [2.24, 2.45) is 16.1 Å². The first-order valence-corrected chi connectivity index (χ1v) is 9.07. The lowest BCUT2D eigenvalue weighted by Gasteiger charge is -2.46. The van der Waals surface area contributed by atoms with Gasteiger partial charge in [-0.15, -0.1) is 0 Å². The topological polar surface area (TPSA) is 114 Å². The molecule has 0 fully saturated rings. The van der Waals surface area contributed by atoms with Crippen LogP contribution in [0.15, 0.2) is 35.6 Å². The lowest BCUT2D eigenvalue weighted by molar-refractivity contribution is -0.140. The van der Waals surface area contributed by atoms with E-state index in [0.29, 0.717) is 5.69 Å². The summed E-state index contributed by atoms with van der Waals surface area (Å²) in [4.78, 5) is 38.6. The van der Waals surface area contributed by atoms with E-state index in [9.17, 15) is 14.0 Å². The third kappa shape index (κ3) is 3.42. The first-order valence-electron chi connectivity index (χ1n) is 8.70. The van der Waals surface area contributed by atoms with E-state index in [1.54, 1.807) is 20.8 Å². The van der Waals surface area contributed by atoms with Crippen LogP contribution in [0.4, 0.5) is 10.1 Å². The monoisotopic (exact) mass is 418 g/mol. The summed E-state index contributed by atoms with van der Waals surface area (Å²) in [7, 11) is 1.52. The summed E-state index contributed by atoms with van der Waals surface area (Å²) in [6.07, 6.45) is 2.48. The highest BCUT2D eigenvalue weighted by Crippen LogP contribution is 2.47. The highest BCUT2D eigenvalue weighted by Gasteiger charge is 2.53. The van der Waals surface area contributed by atoms with Gasteiger partial charge in [-0.3, -0.25) is 14.5 Å². The molecule has 2 heterocycles. The molecule has 1 aromatic heterocycles. The van der Waals surface area contributed by atoms with E-state index in [4.69, 9.17) is 17.3 Å². The quantitative estimate of drug-likeness (QED) is 0.795. The van der Waals surface area contributed by atoms with E-state index in [1.165, 1.54) is 42.5 Å². The number of anilines is 1. The maximum Gasteiger partial charge on any atom is 0.275 e. The number of amides is 2. The number of nitrogens with two attached hydrogens (primary N) is 1. The maximum absolute atomic E-state index is 14.8. The van der Waals surface area contributed by atoms with Crippen LogP contribution < -0.4 is 11.1 Å². The summed E-state index contributed by atoms with van der Waals surface area (Å²) in [5.41, 5.74) is 4.01. The van der Waals surface area contributed by atoms with Gasteiger partial charge in [0.05, 0.1) is 17.8 Å². The first-order chi connectivity index (χ1) is 13.5. The average Bonchev–Trinajstić information content (AvgIpc) is 2.67. The van der Waals surface area contributed by atoms with Crippen LogP contribution in [0.1, 0.15) is 36.8 Å². The minimum absolute atomic E-state index is 0.0119. The number of aliphatic imine (C=N–C) groups is 1. The van der Waals surface area contributed by atoms with Crippen LogP contribution in [0.25, 0.3) is 0 Å². The number of carbonyl (C=O) groups is 2. The minimum Gasteiger partial charge on any atom is -0.369 e. The number of guanidine groups is 1. The zero-order chi connectivity index (χ0) is 21.6. The standard InChI is InChI=1S/C19H20ClFN6O2/c1-18(2)16(29)27(4)17(22)26-19(18,3)11-7-10(5-6-12(11)21)25-15(28)13-8-24-14(20)9-23-13/h5-9H,1-4H3,(H2,22,26)(H,25,28). The molecule has 1 aromatic carbocycles. The van der Waals surface area contributed by atoms with Gasteiger partial charge in [0.15, 0.2) is 5.96 Å². The lowest BCUT2D eigenvalue weighted by Crippen LogP contribution is -2.58. The molecule has 0 saturated carbocycles. The zero-order valence-corrected chi connectivity index (χ0v) is 17.1. The number of hydrogen-bond acceptors (Lipinski definition) is 6. The van der Waals surface area contributed by atoms with E-state index in [0.717, 1.165) is 0 Å². The lowest BCUT2D eigenvalue weighted by atomic mass is 9.67. The van der Waals surface area contributed by atoms with E-state index in [-0.39, 0.29) is 28.3 Å². The van der Waals surface area contributed by atoms with E-state index in [1.807, 2.05) is 0 Å². The van der Waals surface area contributed by atoms with Gasteiger partial charge in [-0.05, 0) is 39.0 Å². The normalized spacial score (nSPS) is 21.0. The summed E-state index contributed by atoms with van der Waals surface area (Å²) in [6.45, 7) is 4.99. The van der Waals surface area contributed by atoms with Crippen LogP contribution in [0.3, 0.4) is 0 Å². The fourth-order valence-corrected chi connectivity index (χ4v) is 3.27. The van der Waals surface area contributed by atoms with Crippen LogP contribution >= 0.6 is 11.6 Å². The molecule has 0 spiro atoms. The Bertz CT molecular complexity index is 1020. The number of hydrogen-bond donors (Lipinski definition) is 2. The second-order valence-electron chi connectivity index (χ2n) is 7.40. The summed E-state index contributed by atoms with van der Waals surface area (Å²) in [5.74, 6) is -1.42. The van der Waals surface area contributed by atoms with Crippen molar-refractivity contribution in [1.29, 1.82) is 0 Å². The smallest absolute Gasteiger partial charge is 0.275 e. The van der Waals surface area contributed by atoms with Gasteiger partial charge in [0.1, 0.15) is 22.2 Å². The van der Waals surface area contributed by atoms with Gasteiger partial charge < -0.3 is 11.1 Å². The van der Waals surface area contributed by atoms with Crippen molar-refractivity contribution in [2.75, 3.05) is 12.4 Å². The fraction of sp³-hybridized carbons (Fsp3) is 0.316. The molecule has 0 aliphatic carbocycles. The molecule has 29 heavy (non-hydrogen) atoms. The molecular formula is C19H20ClFN6O2. The van der Waals surface area contributed by atoms with Gasteiger partial charge in [-0.1, -0.05) is 11.6 Å². The van der Waals surface area contributed by atoms with Gasteiger partial charge in [-0.2, -0.15) is 0 Å². The van der Waals surface area contributed by atoms with Crippen molar-refractivity contribution in [1.82, 2.24) is 14.9 Å². The third-order valence-electron chi connectivity index (χ3n) is 5.34. The minimum atomic E-state index is -1.29. The van der Waals surface area contributed by atoms with Crippen molar-refractivity contribution in [2.45, 2.75) is 26.3 Å². The molecule has 10 heteroatoms. The molecule has 2 amide bonds. The van der Waals surface area contributed by atoms with Crippen molar-refractivity contribution < 1.29 is 14.0 Å². The van der Waals surface area contributed by atoms with E-state index < -0.39 is 22.7 Å². The Morgan fingerprint density at radius 1 is 1.24 bits per heavy atom. The van der Waals surface area contributed by atoms with E-state index >= 15 is 0 Å². The van der Waals surface area contributed by atoms with Gasteiger partial charge in [0.2, 0.25) is 5.91 Å². The number of rotatable bonds is 3. The highest BCUT2D eigenvalue weighted by atomic mass is 35.5. The predicted octanol–water partition coefficient (Wildman–Crippen LogP) is 2.55. The molecule has 1 unspecified atom stereocenters. The number of nitrogens with zero attached hydrogens (tertiary/aromatic N) is 4. The average molecular weight is 419 g/mol. The van der Waals surface area contributed by atoms with Gasteiger partial charge >= 0.3 is 0 Å². The van der Waals surface area contributed by atoms with E-state index in [2.05, 4.69) is 20.3 Å². The van der Waals surface area contributed by atoms with Crippen molar-refractivity contribution >= 4 is 35.1 Å². The van der Waals surface area contributed by atoms with Crippen LogP contribution in [0.2, 0.25) is 5.15 Å². The number of nitrogens with one attached hydrogen (secondary N) is 1. The van der Waals surface area contributed by atoms with Crippen molar-refractivity contribution in [3.05, 3.63) is 52.8 Å². The Morgan fingerprint density at radius 2 is 1.93 bits per heavy atom. The molecule has 1 atom stereocenters. The fourth-order valence-electron chi connectivity index (χ4n) is 3.17. The molecular weight excluding hydrogens is 399 g/mol. The number of carbonyl (C=O) groups excluding carboxylic acids is 2. The van der Waals surface area contributed by atoms with Gasteiger partial charge in [0, 0.05) is 18.3 Å². The molecule has 2 aromatic rings. The Labute approximate surface area is 172 Å². The van der Waals surface area contributed by atoms with Crippen LogP contribution in [-0.2, 0) is 10.3 Å². The predicted molar refractivity (Wildman–Crippen MR) is 107 cm³/mol. The molecule has 0 saturated heterocycles. The zero-order valence-electron chi connectivity index (χ0n) is 16.3. The van der Waals surface area contributed by atoms with Crippen LogP contribution in [0.5, 0.6) is 0 Å². The van der Waals surface area contributed by atoms with Gasteiger partial charge in [0.25, 0.3) is 5.91 Å². The summed E-state index contributed by atoms with van der Waals surface area (Å²) < 4.78 is 14.8. The summed E-state index contributed by atoms with van der Waals surface area (Å²) >= 11 is 5.68. The van der Waals surface area contributed by atoms with Crippen LogP contribution in [0, 0.1) is 11.2 Å². The number of halogens is 2. The number of benzene rings is 1. The molecule has 8 nitrogen and oxygen atoms in total. The van der Waals surface area contributed by atoms with Crippen molar-refractivity contribution in [3.63, 3.8) is 0 Å². The van der Waals surface area contributed by atoms with Crippen molar-refractivity contribution in [3.8, 4) is 0 Å². The maximum atomic E-state index is 14.8. The molecule has 3 N–H and O–H groups in total. The second kappa shape index (κ2) is 7.07. The molecule has 1 aliphatic rings. The Morgan fingerprint density at radius 3 is 2.55 bits per heavy atom. The highest BCUT2D eigenvalue weighted by molar-refractivity contribution is 6.29. The van der Waals surface area contributed by atoms with Crippen LogP contribution in [-0.4, -0.2) is 39.7 Å². The SMILES string of the molecule is CN1C(=O)C(C)(C)C(C)(c2cc(NC(=O)c3cnc(Cl)cn3)ccc2F)N=C1N. The first kappa shape index (κ1) is 20.7. The Hall–Kier alpha value is -3.07.